The van der Waals surface area contributed by atoms with Crippen LogP contribution in [0, 0.1) is 5.92 Å². The molecule has 0 saturated carbocycles. The van der Waals surface area contributed by atoms with Gasteiger partial charge in [0.15, 0.2) is 0 Å². The largest absolute Gasteiger partial charge is 0.489 e. The fraction of sp³-hybridized carbons (Fsp3) is 0.311. The van der Waals surface area contributed by atoms with Crippen molar-refractivity contribution in [2.75, 3.05) is 13.2 Å². The Balaban J connectivity index is 1.32. The van der Waals surface area contributed by atoms with Crippen molar-refractivity contribution in [3.63, 3.8) is 0 Å². The Morgan fingerprint density at radius 3 is 1.70 bits per heavy atom. The highest BCUT2D eigenvalue weighted by molar-refractivity contribution is 5.86. The lowest BCUT2D eigenvalue weighted by Gasteiger charge is -2.23. The zero-order chi connectivity index (χ0) is 38.4. The summed E-state index contributed by atoms with van der Waals surface area (Å²) in [6, 6.07) is 33.8. The van der Waals surface area contributed by atoms with Crippen molar-refractivity contribution in [3.05, 3.63) is 157 Å². The van der Waals surface area contributed by atoms with Crippen LogP contribution in [0.3, 0.4) is 0 Å². The summed E-state index contributed by atoms with van der Waals surface area (Å²) in [6.45, 7) is 8.08. The van der Waals surface area contributed by atoms with Crippen LogP contribution in [-0.2, 0) is 45.2 Å². The van der Waals surface area contributed by atoms with Gasteiger partial charge in [-0.25, -0.2) is 0 Å². The van der Waals surface area contributed by atoms with Crippen LogP contribution in [0.15, 0.2) is 135 Å². The number of rotatable bonds is 24. The number of hydrogen-bond donors (Lipinski definition) is 3. The SMILES string of the molecule is C=CCCCC(=O)OC[C@H](Cc1ccc(OCc2ccccc2)cc1)NC(=O)[C@H](CC=C)CC(=O)N[C@H](CO)Cc1ccc(OCc2ccccc2)cc1. The quantitative estimate of drug-likeness (QED) is 0.0400. The van der Waals surface area contributed by atoms with Gasteiger partial charge in [-0.05, 0) is 78.6 Å². The maximum Gasteiger partial charge on any atom is 0.305 e. The fourth-order valence-electron chi connectivity index (χ4n) is 5.78. The molecule has 3 atom stereocenters. The van der Waals surface area contributed by atoms with Gasteiger partial charge in [0.1, 0.15) is 31.3 Å². The zero-order valence-electron chi connectivity index (χ0n) is 30.9. The number of aliphatic hydroxyl groups is 1. The molecule has 0 aliphatic heterocycles. The highest BCUT2D eigenvalue weighted by atomic mass is 16.5. The Kier molecular flexibility index (Phi) is 17.6. The molecule has 0 saturated heterocycles. The third kappa shape index (κ3) is 15.1. The second-order valence-corrected chi connectivity index (χ2v) is 13.2. The van der Waals surface area contributed by atoms with Gasteiger partial charge in [-0.3, -0.25) is 14.4 Å². The molecule has 284 valence electrons. The molecule has 9 heteroatoms. The van der Waals surface area contributed by atoms with E-state index >= 15 is 0 Å². The molecule has 4 aromatic rings. The van der Waals surface area contributed by atoms with Gasteiger partial charge in [0, 0.05) is 12.8 Å². The van der Waals surface area contributed by atoms with Gasteiger partial charge in [0.2, 0.25) is 11.8 Å². The molecule has 2 amide bonds. The lowest BCUT2D eigenvalue weighted by atomic mass is 9.97. The first kappa shape index (κ1) is 41.1. The molecule has 0 unspecified atom stereocenters. The van der Waals surface area contributed by atoms with Gasteiger partial charge in [-0.1, -0.05) is 97.1 Å². The number of carbonyl (C=O) groups is 3. The molecule has 4 rings (SSSR count). The summed E-state index contributed by atoms with van der Waals surface area (Å²) in [5, 5.41) is 16.0. The van der Waals surface area contributed by atoms with E-state index in [2.05, 4.69) is 23.8 Å². The number of amides is 2. The first-order valence-electron chi connectivity index (χ1n) is 18.4. The van der Waals surface area contributed by atoms with E-state index < -0.39 is 18.0 Å². The van der Waals surface area contributed by atoms with E-state index in [9.17, 15) is 19.5 Å². The molecule has 54 heavy (non-hydrogen) atoms. The van der Waals surface area contributed by atoms with E-state index in [1.807, 2.05) is 109 Å². The van der Waals surface area contributed by atoms with Crippen molar-refractivity contribution in [1.29, 1.82) is 0 Å². The van der Waals surface area contributed by atoms with Crippen LogP contribution >= 0.6 is 0 Å². The van der Waals surface area contributed by atoms with Crippen molar-refractivity contribution in [2.45, 2.75) is 70.2 Å². The lowest BCUT2D eigenvalue weighted by Crippen LogP contribution is -2.45. The van der Waals surface area contributed by atoms with Crippen molar-refractivity contribution in [3.8, 4) is 11.5 Å². The Morgan fingerprint density at radius 1 is 0.667 bits per heavy atom. The molecule has 0 spiro atoms. The van der Waals surface area contributed by atoms with Crippen LogP contribution in [-0.4, -0.2) is 48.2 Å². The summed E-state index contributed by atoms with van der Waals surface area (Å²) >= 11 is 0. The van der Waals surface area contributed by atoms with E-state index in [4.69, 9.17) is 14.2 Å². The first-order valence-corrected chi connectivity index (χ1v) is 18.4. The Bertz CT molecular complexity index is 1730. The number of nitrogens with one attached hydrogen (secondary N) is 2. The number of unbranched alkanes of at least 4 members (excludes halogenated alkanes) is 1. The topological polar surface area (TPSA) is 123 Å². The van der Waals surface area contributed by atoms with Gasteiger partial charge in [0.25, 0.3) is 0 Å². The number of carbonyl (C=O) groups excluding carboxylic acids is 3. The number of benzene rings is 4. The van der Waals surface area contributed by atoms with Gasteiger partial charge in [0.05, 0.1) is 24.6 Å². The van der Waals surface area contributed by atoms with Crippen LogP contribution in [0.4, 0.5) is 0 Å². The summed E-state index contributed by atoms with van der Waals surface area (Å²) in [7, 11) is 0. The molecule has 0 bridgehead atoms. The molecule has 0 aliphatic carbocycles. The standard InChI is InChI=1S/C45H52N2O7/c1-3-5-8-18-44(50)54-33-40(28-35-21-25-42(26-22-35)53-32-37-16-11-7-12-17-37)47-45(51)38(13-4-2)29-43(49)46-39(30-48)27-34-19-23-41(24-20-34)52-31-36-14-9-6-10-15-36/h3-4,6-7,9-12,14-17,19-26,38-40,48H,1-2,5,8,13,18,27-33H2,(H,46,49)(H,47,51)/t38-,39+,40+/m1/s1. The minimum atomic E-state index is -0.720. The predicted molar refractivity (Wildman–Crippen MR) is 211 cm³/mol. The van der Waals surface area contributed by atoms with Gasteiger partial charge in [-0.2, -0.15) is 0 Å². The number of aliphatic hydroxyl groups excluding tert-OH is 1. The van der Waals surface area contributed by atoms with Crippen LogP contribution in [0.5, 0.6) is 11.5 Å². The summed E-state index contributed by atoms with van der Waals surface area (Å²) in [5.74, 6) is -0.368. The van der Waals surface area contributed by atoms with E-state index in [1.54, 1.807) is 12.2 Å². The van der Waals surface area contributed by atoms with Crippen LogP contribution in [0.2, 0.25) is 0 Å². The number of esters is 1. The predicted octanol–water partition coefficient (Wildman–Crippen LogP) is 7.07. The average Bonchev–Trinajstić information content (AvgIpc) is 3.19. The smallest absolute Gasteiger partial charge is 0.305 e. The maximum atomic E-state index is 13.6. The Hall–Kier alpha value is -5.67. The molecule has 0 aromatic heterocycles. The second kappa shape index (κ2) is 23.1. The van der Waals surface area contributed by atoms with E-state index in [1.165, 1.54) is 0 Å². The third-order valence-electron chi connectivity index (χ3n) is 8.73. The first-order chi connectivity index (χ1) is 26.3. The number of allylic oxidation sites excluding steroid dienone is 2. The van der Waals surface area contributed by atoms with E-state index in [0.29, 0.717) is 44.6 Å². The lowest BCUT2D eigenvalue weighted by molar-refractivity contribution is -0.145. The minimum Gasteiger partial charge on any atom is -0.489 e. The third-order valence-corrected chi connectivity index (χ3v) is 8.73. The molecular weight excluding hydrogens is 681 g/mol. The van der Waals surface area contributed by atoms with Crippen LogP contribution in [0.25, 0.3) is 0 Å². The Morgan fingerprint density at radius 2 is 1.20 bits per heavy atom. The summed E-state index contributed by atoms with van der Waals surface area (Å²) in [4.78, 5) is 39.3. The van der Waals surface area contributed by atoms with Crippen molar-refractivity contribution in [1.82, 2.24) is 10.6 Å². The molecule has 0 heterocycles. The zero-order valence-corrected chi connectivity index (χ0v) is 30.9. The van der Waals surface area contributed by atoms with Crippen LogP contribution in [0.1, 0.15) is 54.4 Å². The molecular formula is C45H52N2O7. The molecule has 0 aliphatic rings. The highest BCUT2D eigenvalue weighted by Gasteiger charge is 2.25. The number of ether oxygens (including phenoxy) is 3. The molecule has 3 N–H and O–H groups in total. The van der Waals surface area contributed by atoms with Gasteiger partial charge < -0.3 is 30.0 Å². The van der Waals surface area contributed by atoms with Gasteiger partial charge >= 0.3 is 5.97 Å². The van der Waals surface area contributed by atoms with E-state index in [-0.39, 0.29) is 50.3 Å². The van der Waals surface area contributed by atoms with Crippen molar-refractivity contribution in [2.24, 2.45) is 5.92 Å². The molecule has 0 fully saturated rings. The Labute approximate surface area is 319 Å². The maximum absolute atomic E-state index is 13.6. The highest BCUT2D eigenvalue weighted by Crippen LogP contribution is 2.18. The molecule has 0 radical (unpaired) electrons. The molecule has 9 nitrogen and oxygen atoms in total. The summed E-state index contributed by atoms with van der Waals surface area (Å²) in [6.07, 6.45) is 5.87. The fourth-order valence-corrected chi connectivity index (χ4v) is 5.78. The van der Waals surface area contributed by atoms with E-state index in [0.717, 1.165) is 28.0 Å². The van der Waals surface area contributed by atoms with Crippen molar-refractivity contribution >= 4 is 17.8 Å². The van der Waals surface area contributed by atoms with Crippen molar-refractivity contribution < 1.29 is 33.7 Å². The van der Waals surface area contributed by atoms with Gasteiger partial charge in [-0.15, -0.1) is 13.2 Å². The second-order valence-electron chi connectivity index (χ2n) is 13.2. The normalized spacial score (nSPS) is 12.4. The van der Waals surface area contributed by atoms with Crippen LogP contribution < -0.4 is 20.1 Å². The number of hydrogen-bond acceptors (Lipinski definition) is 7. The summed E-state index contributed by atoms with van der Waals surface area (Å²) < 4.78 is 17.4. The summed E-state index contributed by atoms with van der Waals surface area (Å²) in [5.41, 5.74) is 3.95. The monoisotopic (exact) mass is 732 g/mol. The average molecular weight is 733 g/mol. The molecule has 4 aromatic carbocycles. The minimum absolute atomic E-state index is 0.0272.